The molecule has 1 saturated heterocycles. The summed E-state index contributed by atoms with van der Waals surface area (Å²) >= 11 is 6.56. The zero-order valence-electron chi connectivity index (χ0n) is 19.2. The van der Waals surface area contributed by atoms with Crippen LogP contribution in [0.15, 0.2) is 70.0 Å². The van der Waals surface area contributed by atoms with Crippen molar-refractivity contribution in [3.05, 3.63) is 95.9 Å². The molecule has 0 bridgehead atoms. The maximum atomic E-state index is 13.0. The van der Waals surface area contributed by atoms with Gasteiger partial charge in [-0.1, -0.05) is 57.9 Å². The molecular weight excluding hydrogens is 641 g/mol. The molecule has 0 atom stereocenters. The van der Waals surface area contributed by atoms with Crippen LogP contribution >= 0.6 is 50.3 Å². The van der Waals surface area contributed by atoms with E-state index in [1.54, 1.807) is 6.08 Å². The average Bonchev–Trinajstić information content (AvgIpc) is 3.07. The van der Waals surface area contributed by atoms with Crippen molar-refractivity contribution in [2.45, 2.75) is 27.0 Å². The summed E-state index contributed by atoms with van der Waals surface area (Å²) in [7, 11) is 0. The zero-order valence-corrected chi connectivity index (χ0v) is 23.8. The summed E-state index contributed by atoms with van der Waals surface area (Å²) in [5.41, 5.74) is 3.91. The molecule has 4 rings (SSSR count). The van der Waals surface area contributed by atoms with Gasteiger partial charge >= 0.3 is 0 Å². The highest BCUT2D eigenvalue weighted by Crippen LogP contribution is 2.38. The van der Waals surface area contributed by atoms with E-state index in [0.29, 0.717) is 29.6 Å². The molecule has 8 heteroatoms. The molecule has 35 heavy (non-hydrogen) atoms. The van der Waals surface area contributed by atoms with Gasteiger partial charge in [0.25, 0.3) is 11.1 Å². The van der Waals surface area contributed by atoms with Crippen LogP contribution in [0, 0.1) is 10.5 Å². The first-order chi connectivity index (χ1) is 16.8. The standard InChI is InChI=1S/C27H23BrINO4S/c1-3-33-23-13-20(12-22(29)25(23)34-16-19-6-4-5-17(2)11-19)14-24-26(31)30(27(32)35-24)15-18-7-9-21(28)10-8-18/h4-14H,3,15-16H2,1-2H3/b24-14-. The van der Waals surface area contributed by atoms with Crippen LogP contribution in [-0.4, -0.2) is 22.7 Å². The van der Waals surface area contributed by atoms with Gasteiger partial charge < -0.3 is 9.47 Å². The first-order valence-corrected chi connectivity index (χ1v) is 13.7. The molecule has 1 aliphatic rings. The molecule has 0 saturated carbocycles. The molecule has 1 heterocycles. The predicted molar refractivity (Wildman–Crippen MR) is 151 cm³/mol. The third kappa shape index (κ3) is 6.48. The number of carbonyl (C=O) groups is 2. The summed E-state index contributed by atoms with van der Waals surface area (Å²) in [6.07, 6.45) is 1.74. The number of aryl methyl sites for hydroxylation is 1. The summed E-state index contributed by atoms with van der Waals surface area (Å²) in [5.74, 6) is 0.970. The molecular formula is C27H23BrINO4S. The molecule has 5 nitrogen and oxygen atoms in total. The Balaban J connectivity index is 1.55. The normalized spacial score (nSPS) is 14.6. The minimum atomic E-state index is -0.296. The third-order valence-electron chi connectivity index (χ3n) is 5.22. The Bertz CT molecular complexity index is 1290. The molecule has 0 spiro atoms. The van der Waals surface area contributed by atoms with E-state index in [9.17, 15) is 9.59 Å². The van der Waals surface area contributed by atoms with Crippen molar-refractivity contribution in [1.29, 1.82) is 0 Å². The number of amides is 2. The Hall–Kier alpha value is -2.30. The highest BCUT2D eigenvalue weighted by Gasteiger charge is 2.35. The Labute approximate surface area is 231 Å². The number of halogens is 2. The van der Waals surface area contributed by atoms with Gasteiger partial charge in [0.15, 0.2) is 11.5 Å². The number of rotatable bonds is 8. The number of imide groups is 1. The lowest BCUT2D eigenvalue weighted by Gasteiger charge is -2.15. The second kappa shape index (κ2) is 11.6. The summed E-state index contributed by atoms with van der Waals surface area (Å²) in [6, 6.07) is 19.5. The molecule has 2 amide bonds. The van der Waals surface area contributed by atoms with Crippen LogP contribution in [0.2, 0.25) is 0 Å². The van der Waals surface area contributed by atoms with Crippen molar-refractivity contribution in [1.82, 2.24) is 4.90 Å². The number of benzene rings is 3. The minimum Gasteiger partial charge on any atom is -0.490 e. The van der Waals surface area contributed by atoms with Crippen LogP contribution in [-0.2, 0) is 17.9 Å². The van der Waals surface area contributed by atoms with Gasteiger partial charge in [-0.3, -0.25) is 14.5 Å². The van der Waals surface area contributed by atoms with Gasteiger partial charge in [0.2, 0.25) is 0 Å². The molecule has 180 valence electrons. The van der Waals surface area contributed by atoms with Crippen molar-refractivity contribution < 1.29 is 19.1 Å². The summed E-state index contributed by atoms with van der Waals surface area (Å²) in [4.78, 5) is 27.2. The second-order valence-corrected chi connectivity index (χ2v) is 11.0. The third-order valence-corrected chi connectivity index (χ3v) is 7.46. The van der Waals surface area contributed by atoms with Crippen LogP contribution in [0.3, 0.4) is 0 Å². The highest BCUT2D eigenvalue weighted by atomic mass is 127. The van der Waals surface area contributed by atoms with E-state index in [1.165, 1.54) is 10.5 Å². The number of thioether (sulfide) groups is 1. The maximum Gasteiger partial charge on any atom is 0.293 e. The Morgan fingerprint density at radius 1 is 1.03 bits per heavy atom. The van der Waals surface area contributed by atoms with E-state index in [4.69, 9.17) is 9.47 Å². The van der Waals surface area contributed by atoms with E-state index < -0.39 is 0 Å². The van der Waals surface area contributed by atoms with Crippen LogP contribution in [0.4, 0.5) is 4.79 Å². The highest BCUT2D eigenvalue weighted by molar-refractivity contribution is 14.1. The predicted octanol–water partition coefficient (Wildman–Crippen LogP) is 7.58. The van der Waals surface area contributed by atoms with Crippen molar-refractivity contribution in [3.63, 3.8) is 0 Å². The Morgan fingerprint density at radius 2 is 1.80 bits per heavy atom. The Kier molecular flexibility index (Phi) is 8.56. The van der Waals surface area contributed by atoms with Gasteiger partial charge in [-0.25, -0.2) is 0 Å². The van der Waals surface area contributed by atoms with Gasteiger partial charge in [0, 0.05) is 4.47 Å². The quantitative estimate of drug-likeness (QED) is 0.184. The van der Waals surface area contributed by atoms with Crippen molar-refractivity contribution in [2.75, 3.05) is 6.61 Å². The number of hydrogen-bond acceptors (Lipinski definition) is 5. The van der Waals surface area contributed by atoms with E-state index in [2.05, 4.69) is 44.6 Å². The van der Waals surface area contributed by atoms with Gasteiger partial charge in [0.1, 0.15) is 6.61 Å². The fraction of sp³-hybridized carbons (Fsp3) is 0.185. The Morgan fingerprint density at radius 3 is 2.51 bits per heavy atom. The molecule has 3 aromatic carbocycles. The molecule has 1 aliphatic heterocycles. The lowest BCUT2D eigenvalue weighted by molar-refractivity contribution is -0.123. The number of hydrogen-bond donors (Lipinski definition) is 0. The summed E-state index contributed by atoms with van der Waals surface area (Å²) in [5, 5.41) is -0.276. The van der Waals surface area contributed by atoms with Gasteiger partial charge in [0.05, 0.1) is 21.6 Å². The molecule has 1 fully saturated rings. The summed E-state index contributed by atoms with van der Waals surface area (Å²) < 4.78 is 13.8. The van der Waals surface area contributed by atoms with Crippen LogP contribution in [0.1, 0.15) is 29.2 Å². The number of nitrogens with zero attached hydrogens (tertiary/aromatic N) is 1. The maximum absolute atomic E-state index is 13.0. The zero-order chi connectivity index (χ0) is 24.9. The second-order valence-electron chi connectivity index (χ2n) is 7.94. The van der Waals surface area contributed by atoms with Crippen LogP contribution < -0.4 is 9.47 Å². The van der Waals surface area contributed by atoms with E-state index in [1.807, 2.05) is 68.4 Å². The first-order valence-electron chi connectivity index (χ1n) is 11.0. The largest absolute Gasteiger partial charge is 0.490 e. The van der Waals surface area contributed by atoms with E-state index in [-0.39, 0.29) is 17.7 Å². The fourth-order valence-electron chi connectivity index (χ4n) is 3.59. The lowest BCUT2D eigenvalue weighted by Crippen LogP contribution is -2.27. The molecule has 0 unspecified atom stereocenters. The van der Waals surface area contributed by atoms with E-state index >= 15 is 0 Å². The topological polar surface area (TPSA) is 55.8 Å². The van der Waals surface area contributed by atoms with Crippen molar-refractivity contribution in [3.8, 4) is 11.5 Å². The fourth-order valence-corrected chi connectivity index (χ4v) is 5.48. The van der Waals surface area contributed by atoms with Crippen molar-refractivity contribution in [2.24, 2.45) is 0 Å². The first kappa shape index (κ1) is 25.8. The van der Waals surface area contributed by atoms with Crippen LogP contribution in [0.25, 0.3) is 6.08 Å². The SMILES string of the molecule is CCOc1cc(/C=C2\SC(=O)N(Cc3ccc(Br)cc3)C2=O)cc(I)c1OCc1cccc(C)c1. The van der Waals surface area contributed by atoms with Gasteiger partial charge in [-0.15, -0.1) is 0 Å². The molecule has 0 N–H and O–H groups in total. The number of ether oxygens (including phenoxy) is 2. The monoisotopic (exact) mass is 663 g/mol. The van der Waals surface area contributed by atoms with Gasteiger partial charge in [-0.05, 0) is 95.2 Å². The molecule has 0 aromatic heterocycles. The molecule has 3 aromatic rings. The minimum absolute atomic E-state index is 0.239. The van der Waals surface area contributed by atoms with E-state index in [0.717, 1.165) is 36.5 Å². The lowest BCUT2D eigenvalue weighted by atomic mass is 10.1. The van der Waals surface area contributed by atoms with Gasteiger partial charge in [-0.2, -0.15) is 0 Å². The van der Waals surface area contributed by atoms with Crippen molar-refractivity contribution >= 4 is 67.5 Å². The smallest absolute Gasteiger partial charge is 0.293 e. The van der Waals surface area contributed by atoms with Crippen LogP contribution in [0.5, 0.6) is 11.5 Å². The summed E-state index contributed by atoms with van der Waals surface area (Å²) in [6.45, 7) is 5.10. The molecule has 0 aliphatic carbocycles. The average molecular weight is 664 g/mol. The molecule has 0 radical (unpaired) electrons. The number of carbonyl (C=O) groups excluding carboxylic acids is 2.